The Bertz CT molecular complexity index is 484. The van der Waals surface area contributed by atoms with E-state index in [2.05, 4.69) is 16.9 Å². The molecular formula is C14H21N3O3. The molecule has 110 valence electrons. The van der Waals surface area contributed by atoms with Gasteiger partial charge in [0.2, 0.25) is 0 Å². The van der Waals surface area contributed by atoms with E-state index in [0.717, 1.165) is 32.1 Å². The van der Waals surface area contributed by atoms with E-state index >= 15 is 0 Å². The van der Waals surface area contributed by atoms with Gasteiger partial charge in [-0.3, -0.25) is 0 Å². The summed E-state index contributed by atoms with van der Waals surface area (Å²) in [5.41, 5.74) is 0.855. The number of aliphatic hydroxyl groups excluding tert-OH is 1. The molecule has 1 N–H and O–H groups in total. The van der Waals surface area contributed by atoms with E-state index in [-0.39, 0.29) is 18.3 Å². The molecule has 0 aromatic carbocycles. The SMILES string of the molecule is C=CCOC(=O)c1nnn(C2CCCCCC2O)c1C. The molecule has 1 aromatic rings. The fourth-order valence-corrected chi connectivity index (χ4v) is 2.60. The Morgan fingerprint density at radius 1 is 1.50 bits per heavy atom. The van der Waals surface area contributed by atoms with E-state index in [4.69, 9.17) is 4.74 Å². The van der Waals surface area contributed by atoms with Crippen molar-refractivity contribution >= 4 is 5.97 Å². The van der Waals surface area contributed by atoms with Gasteiger partial charge in [0, 0.05) is 0 Å². The molecule has 1 aliphatic rings. The van der Waals surface area contributed by atoms with E-state index in [1.807, 2.05) is 0 Å². The highest BCUT2D eigenvalue weighted by Gasteiger charge is 2.28. The van der Waals surface area contributed by atoms with Crippen LogP contribution in [0, 0.1) is 6.92 Å². The highest BCUT2D eigenvalue weighted by Crippen LogP contribution is 2.28. The molecule has 0 aliphatic heterocycles. The van der Waals surface area contributed by atoms with Crippen LogP contribution in [0.15, 0.2) is 12.7 Å². The molecule has 2 unspecified atom stereocenters. The zero-order valence-electron chi connectivity index (χ0n) is 11.8. The maximum Gasteiger partial charge on any atom is 0.361 e. The Labute approximate surface area is 118 Å². The van der Waals surface area contributed by atoms with E-state index in [0.29, 0.717) is 5.69 Å². The summed E-state index contributed by atoms with van der Waals surface area (Å²) in [6.07, 6.45) is 5.89. The Hall–Kier alpha value is -1.69. The van der Waals surface area contributed by atoms with E-state index < -0.39 is 12.1 Å². The van der Waals surface area contributed by atoms with Crippen molar-refractivity contribution in [1.82, 2.24) is 15.0 Å². The van der Waals surface area contributed by atoms with Crippen molar-refractivity contribution in [2.24, 2.45) is 0 Å². The van der Waals surface area contributed by atoms with Crippen LogP contribution in [0.4, 0.5) is 0 Å². The van der Waals surface area contributed by atoms with Crippen LogP contribution >= 0.6 is 0 Å². The van der Waals surface area contributed by atoms with Gasteiger partial charge in [-0.15, -0.1) is 5.10 Å². The number of nitrogens with zero attached hydrogens (tertiary/aromatic N) is 3. The van der Waals surface area contributed by atoms with E-state index in [1.165, 1.54) is 6.08 Å². The molecule has 1 aliphatic carbocycles. The minimum absolute atomic E-state index is 0.106. The Balaban J connectivity index is 2.18. The fourth-order valence-electron chi connectivity index (χ4n) is 2.60. The Morgan fingerprint density at radius 2 is 2.25 bits per heavy atom. The van der Waals surface area contributed by atoms with Crippen LogP contribution in [0.3, 0.4) is 0 Å². The highest BCUT2D eigenvalue weighted by atomic mass is 16.5. The molecule has 2 atom stereocenters. The summed E-state index contributed by atoms with van der Waals surface area (Å²) in [5, 5.41) is 18.1. The zero-order chi connectivity index (χ0) is 14.5. The van der Waals surface area contributed by atoms with Crippen LogP contribution < -0.4 is 0 Å². The molecule has 0 radical (unpaired) electrons. The van der Waals surface area contributed by atoms with Crippen molar-refractivity contribution in [3.8, 4) is 0 Å². The van der Waals surface area contributed by atoms with E-state index in [1.54, 1.807) is 11.6 Å². The van der Waals surface area contributed by atoms with Crippen LogP contribution in [0.5, 0.6) is 0 Å². The van der Waals surface area contributed by atoms with Crippen LogP contribution in [-0.4, -0.2) is 38.8 Å². The minimum atomic E-state index is -0.503. The number of esters is 1. The van der Waals surface area contributed by atoms with Crippen molar-refractivity contribution in [2.45, 2.75) is 51.2 Å². The van der Waals surface area contributed by atoms with Gasteiger partial charge in [-0.05, 0) is 19.8 Å². The minimum Gasteiger partial charge on any atom is -0.457 e. The monoisotopic (exact) mass is 279 g/mol. The average molecular weight is 279 g/mol. The number of ether oxygens (including phenoxy) is 1. The molecule has 0 spiro atoms. The van der Waals surface area contributed by atoms with Gasteiger partial charge in [0.05, 0.1) is 17.8 Å². The van der Waals surface area contributed by atoms with Gasteiger partial charge in [-0.25, -0.2) is 9.48 Å². The lowest BCUT2D eigenvalue weighted by Gasteiger charge is -2.21. The number of carbonyl (C=O) groups is 1. The molecule has 1 heterocycles. The Kier molecular flexibility index (Phi) is 4.89. The molecular weight excluding hydrogens is 258 g/mol. The number of aromatic nitrogens is 3. The van der Waals surface area contributed by atoms with Crippen LogP contribution in [0.1, 0.15) is 54.3 Å². The largest absolute Gasteiger partial charge is 0.457 e. The smallest absolute Gasteiger partial charge is 0.361 e. The predicted octanol–water partition coefficient (Wildman–Crippen LogP) is 1.80. The average Bonchev–Trinajstić information content (AvgIpc) is 2.68. The molecule has 1 saturated carbocycles. The van der Waals surface area contributed by atoms with Gasteiger partial charge < -0.3 is 9.84 Å². The zero-order valence-corrected chi connectivity index (χ0v) is 11.8. The third-order valence-corrected chi connectivity index (χ3v) is 3.71. The normalized spacial score (nSPS) is 23.1. The third kappa shape index (κ3) is 3.07. The summed E-state index contributed by atoms with van der Waals surface area (Å²) >= 11 is 0. The first-order valence-electron chi connectivity index (χ1n) is 7.03. The van der Waals surface area contributed by atoms with Gasteiger partial charge in [0.1, 0.15) is 6.61 Å². The summed E-state index contributed by atoms with van der Waals surface area (Å²) in [6.45, 7) is 5.43. The maximum absolute atomic E-state index is 11.8. The van der Waals surface area contributed by atoms with E-state index in [9.17, 15) is 9.90 Å². The highest BCUT2D eigenvalue weighted by molar-refractivity contribution is 5.88. The fraction of sp³-hybridized carbons (Fsp3) is 0.643. The lowest BCUT2D eigenvalue weighted by molar-refractivity contribution is 0.0541. The number of carbonyl (C=O) groups excluding carboxylic acids is 1. The van der Waals surface area contributed by atoms with Gasteiger partial charge in [-0.1, -0.05) is 37.1 Å². The molecule has 0 bridgehead atoms. The van der Waals surface area contributed by atoms with Crippen LogP contribution in [-0.2, 0) is 4.74 Å². The first-order chi connectivity index (χ1) is 9.65. The van der Waals surface area contributed by atoms with Gasteiger partial charge in [0.25, 0.3) is 0 Å². The summed E-state index contributed by atoms with van der Waals surface area (Å²) < 4.78 is 6.64. The first-order valence-corrected chi connectivity index (χ1v) is 7.03. The second-order valence-corrected chi connectivity index (χ2v) is 5.13. The van der Waals surface area contributed by atoms with Crippen molar-refractivity contribution in [3.05, 3.63) is 24.0 Å². The quantitative estimate of drug-likeness (QED) is 0.516. The van der Waals surface area contributed by atoms with Crippen LogP contribution in [0.25, 0.3) is 0 Å². The topological polar surface area (TPSA) is 77.2 Å². The molecule has 1 aromatic heterocycles. The molecule has 1 fully saturated rings. The lowest BCUT2D eigenvalue weighted by Crippen LogP contribution is -2.25. The third-order valence-electron chi connectivity index (χ3n) is 3.71. The summed E-state index contributed by atoms with van der Waals surface area (Å²) in [4.78, 5) is 11.8. The number of hydrogen-bond donors (Lipinski definition) is 1. The first kappa shape index (κ1) is 14.7. The maximum atomic E-state index is 11.8. The lowest BCUT2D eigenvalue weighted by atomic mass is 10.1. The standard InChI is InChI=1S/C14H21N3O3/c1-3-9-20-14(19)13-10(2)17(16-15-13)11-7-5-4-6-8-12(11)18/h3,11-12,18H,1,4-9H2,2H3. The van der Waals surface area contributed by atoms with Crippen molar-refractivity contribution in [2.75, 3.05) is 6.61 Å². The molecule has 0 amide bonds. The molecule has 6 nitrogen and oxygen atoms in total. The summed E-state index contributed by atoms with van der Waals surface area (Å²) in [5.74, 6) is -0.503. The van der Waals surface area contributed by atoms with Gasteiger partial charge in [0.15, 0.2) is 5.69 Å². The van der Waals surface area contributed by atoms with Gasteiger partial charge >= 0.3 is 5.97 Å². The Morgan fingerprint density at radius 3 is 3.00 bits per heavy atom. The van der Waals surface area contributed by atoms with Crippen molar-refractivity contribution in [1.29, 1.82) is 0 Å². The molecule has 0 saturated heterocycles. The van der Waals surface area contributed by atoms with Gasteiger partial charge in [-0.2, -0.15) is 0 Å². The predicted molar refractivity (Wildman–Crippen MR) is 73.4 cm³/mol. The number of hydrogen-bond acceptors (Lipinski definition) is 5. The van der Waals surface area contributed by atoms with Crippen molar-refractivity contribution in [3.63, 3.8) is 0 Å². The number of rotatable bonds is 4. The van der Waals surface area contributed by atoms with Crippen LogP contribution in [0.2, 0.25) is 0 Å². The number of aliphatic hydroxyl groups is 1. The van der Waals surface area contributed by atoms with Crippen molar-refractivity contribution < 1.29 is 14.6 Å². The second kappa shape index (κ2) is 6.65. The molecule has 2 rings (SSSR count). The summed E-state index contributed by atoms with van der Waals surface area (Å²) in [7, 11) is 0. The molecule has 6 heteroatoms. The molecule has 20 heavy (non-hydrogen) atoms. The summed E-state index contributed by atoms with van der Waals surface area (Å²) in [6, 6.07) is -0.106. The second-order valence-electron chi connectivity index (χ2n) is 5.13.